The summed E-state index contributed by atoms with van der Waals surface area (Å²) in [6.07, 6.45) is 1.57. The highest BCUT2D eigenvalue weighted by Gasteiger charge is 2.19. The Morgan fingerprint density at radius 2 is 1.84 bits per heavy atom. The van der Waals surface area contributed by atoms with Crippen molar-refractivity contribution in [2.45, 2.75) is 10.9 Å². The van der Waals surface area contributed by atoms with Crippen molar-refractivity contribution in [3.63, 3.8) is 0 Å². The van der Waals surface area contributed by atoms with Crippen LogP contribution in [-0.4, -0.2) is 36.1 Å². The molecule has 0 radical (unpaired) electrons. The summed E-state index contributed by atoms with van der Waals surface area (Å²) in [5, 5.41) is 0.00817. The van der Waals surface area contributed by atoms with E-state index >= 15 is 0 Å². The van der Waals surface area contributed by atoms with E-state index in [9.17, 15) is 8.87 Å². The zero-order valence-electron chi connectivity index (χ0n) is 13.7. The molecule has 0 aliphatic carbocycles. The average molecular weight is 367 g/mol. The number of benzene rings is 1. The fraction of sp³-hybridized carbons (Fsp3) is 0.250. The summed E-state index contributed by atoms with van der Waals surface area (Å²) in [4.78, 5) is 8.59. The van der Waals surface area contributed by atoms with Crippen molar-refractivity contribution in [1.29, 1.82) is 0 Å². The fourth-order valence-corrected chi connectivity index (χ4v) is 3.22. The summed E-state index contributed by atoms with van der Waals surface area (Å²) in [7, 11) is 4.36. The standard InChI is InChI=1S/C16H15F2N3O3S/c1-22-11-5-4-10-14(13(11)17)20-16(21(10)18)25-8-9-15(24-3)12(23-2)6-7-19-9/h4-7H,8H2,1-3H3. The lowest BCUT2D eigenvalue weighted by atomic mass is 10.3. The zero-order chi connectivity index (χ0) is 18.0. The van der Waals surface area contributed by atoms with Gasteiger partial charge in [0, 0.05) is 18.0 Å². The number of rotatable bonds is 6. The number of hydrogen-bond donors (Lipinski definition) is 0. The Hall–Kier alpha value is -2.55. The van der Waals surface area contributed by atoms with Crippen molar-refractivity contribution in [2.75, 3.05) is 21.3 Å². The molecule has 3 aromatic rings. The summed E-state index contributed by atoms with van der Waals surface area (Å²) in [5.41, 5.74) is 0.512. The molecule has 0 unspecified atom stereocenters. The number of ether oxygens (including phenoxy) is 3. The molecule has 0 N–H and O–H groups in total. The van der Waals surface area contributed by atoms with Crippen LogP contribution in [0.2, 0.25) is 0 Å². The largest absolute Gasteiger partial charge is 0.494 e. The molecular weight excluding hydrogens is 352 g/mol. The second-order valence-electron chi connectivity index (χ2n) is 4.91. The van der Waals surface area contributed by atoms with Crippen molar-refractivity contribution in [1.82, 2.24) is 14.8 Å². The fourth-order valence-electron chi connectivity index (χ4n) is 2.38. The van der Waals surface area contributed by atoms with Crippen molar-refractivity contribution in [3.05, 3.63) is 35.9 Å². The molecule has 132 valence electrons. The molecule has 25 heavy (non-hydrogen) atoms. The van der Waals surface area contributed by atoms with Crippen LogP contribution in [0.1, 0.15) is 5.69 Å². The lowest BCUT2D eigenvalue weighted by Gasteiger charge is -2.10. The van der Waals surface area contributed by atoms with Gasteiger partial charge in [0.25, 0.3) is 0 Å². The third-order valence-electron chi connectivity index (χ3n) is 3.57. The van der Waals surface area contributed by atoms with E-state index in [1.54, 1.807) is 12.3 Å². The number of hydrogen-bond acceptors (Lipinski definition) is 6. The van der Waals surface area contributed by atoms with E-state index in [1.165, 1.54) is 33.5 Å². The quantitative estimate of drug-likeness (QED) is 0.620. The smallest absolute Gasteiger partial charge is 0.199 e. The van der Waals surface area contributed by atoms with E-state index in [0.717, 1.165) is 11.8 Å². The first kappa shape index (κ1) is 17.3. The number of thioether (sulfide) groups is 1. The van der Waals surface area contributed by atoms with E-state index in [0.29, 0.717) is 22.0 Å². The second-order valence-corrected chi connectivity index (χ2v) is 5.85. The van der Waals surface area contributed by atoms with Crippen molar-refractivity contribution in [2.24, 2.45) is 0 Å². The molecular formula is C16H15F2N3O3S. The molecule has 0 bridgehead atoms. The van der Waals surface area contributed by atoms with Crippen LogP contribution in [0.15, 0.2) is 29.6 Å². The minimum absolute atomic E-state index is 0.00817. The predicted octanol–water partition coefficient (Wildman–Crippen LogP) is 3.62. The monoisotopic (exact) mass is 367 g/mol. The zero-order valence-corrected chi connectivity index (χ0v) is 14.6. The molecule has 2 aromatic heterocycles. The van der Waals surface area contributed by atoms with E-state index in [-0.39, 0.29) is 27.7 Å². The topological polar surface area (TPSA) is 58.4 Å². The Morgan fingerprint density at radius 1 is 1.08 bits per heavy atom. The van der Waals surface area contributed by atoms with Gasteiger partial charge in [-0.2, -0.15) is 4.79 Å². The van der Waals surface area contributed by atoms with Gasteiger partial charge in [-0.1, -0.05) is 16.2 Å². The highest BCUT2D eigenvalue weighted by Crippen LogP contribution is 2.35. The summed E-state index contributed by atoms with van der Waals surface area (Å²) in [5.74, 6) is 0.574. The van der Waals surface area contributed by atoms with E-state index in [4.69, 9.17) is 14.2 Å². The lowest BCUT2D eigenvalue weighted by Crippen LogP contribution is -1.98. The normalized spacial score (nSPS) is 10.9. The van der Waals surface area contributed by atoms with Gasteiger partial charge in [-0.05, 0) is 12.1 Å². The number of nitrogens with zero attached hydrogens (tertiary/aromatic N) is 3. The van der Waals surface area contributed by atoms with Crippen LogP contribution in [0.4, 0.5) is 8.87 Å². The van der Waals surface area contributed by atoms with Crippen LogP contribution in [0.3, 0.4) is 0 Å². The Morgan fingerprint density at radius 3 is 2.52 bits per heavy atom. The molecule has 0 fully saturated rings. The van der Waals surface area contributed by atoms with Gasteiger partial charge in [-0.3, -0.25) is 4.98 Å². The van der Waals surface area contributed by atoms with Gasteiger partial charge in [0.05, 0.1) is 27.0 Å². The number of aromatic nitrogens is 3. The van der Waals surface area contributed by atoms with Gasteiger partial charge in [0.15, 0.2) is 28.2 Å². The van der Waals surface area contributed by atoms with Crippen molar-refractivity contribution >= 4 is 22.8 Å². The van der Waals surface area contributed by atoms with E-state index in [2.05, 4.69) is 9.97 Å². The van der Waals surface area contributed by atoms with E-state index in [1.807, 2.05) is 0 Å². The number of fused-ring (bicyclic) bond motifs is 1. The maximum atomic E-state index is 14.4. The van der Waals surface area contributed by atoms with E-state index < -0.39 is 5.82 Å². The molecule has 9 heteroatoms. The van der Waals surface area contributed by atoms with Gasteiger partial charge in [-0.15, -0.1) is 0 Å². The molecule has 0 atom stereocenters. The van der Waals surface area contributed by atoms with Crippen LogP contribution in [-0.2, 0) is 5.75 Å². The Balaban J connectivity index is 1.92. The van der Waals surface area contributed by atoms with Gasteiger partial charge in [0.1, 0.15) is 11.0 Å². The van der Waals surface area contributed by atoms with Crippen LogP contribution in [0.5, 0.6) is 17.2 Å². The summed E-state index contributed by atoms with van der Waals surface area (Å²) in [6, 6.07) is 4.44. The van der Waals surface area contributed by atoms with Gasteiger partial charge >= 0.3 is 0 Å². The SMILES string of the molecule is COc1ccnc(CSc2nc3c(F)c(OC)ccc3n2F)c1OC. The first-order valence-electron chi connectivity index (χ1n) is 7.20. The lowest BCUT2D eigenvalue weighted by molar-refractivity contribution is 0.346. The molecule has 0 aliphatic rings. The summed E-state index contributed by atoms with van der Waals surface area (Å²) in [6.45, 7) is 0. The molecule has 3 rings (SSSR count). The van der Waals surface area contributed by atoms with Crippen LogP contribution >= 0.6 is 11.8 Å². The third-order valence-corrected chi connectivity index (χ3v) is 4.50. The Labute approximate surface area is 146 Å². The first-order valence-corrected chi connectivity index (χ1v) is 8.19. The predicted molar refractivity (Wildman–Crippen MR) is 89.7 cm³/mol. The molecule has 0 spiro atoms. The number of pyridine rings is 1. The highest BCUT2D eigenvalue weighted by atomic mass is 32.2. The third kappa shape index (κ3) is 3.07. The molecule has 1 aromatic carbocycles. The highest BCUT2D eigenvalue weighted by molar-refractivity contribution is 7.98. The summed E-state index contributed by atoms with van der Waals surface area (Å²) >= 11 is 1.07. The number of halogens is 2. The van der Waals surface area contributed by atoms with Gasteiger partial charge < -0.3 is 14.2 Å². The second kappa shape index (κ2) is 7.14. The molecule has 6 nitrogen and oxygen atoms in total. The average Bonchev–Trinajstić information content (AvgIpc) is 2.96. The van der Waals surface area contributed by atoms with Crippen LogP contribution in [0.25, 0.3) is 11.0 Å². The molecule has 2 heterocycles. The van der Waals surface area contributed by atoms with Gasteiger partial charge in [-0.25, -0.2) is 9.37 Å². The molecule has 0 aliphatic heterocycles. The van der Waals surface area contributed by atoms with Crippen molar-refractivity contribution in [3.8, 4) is 17.2 Å². The van der Waals surface area contributed by atoms with Crippen LogP contribution in [0, 0.1) is 5.82 Å². The molecule has 0 saturated carbocycles. The number of methoxy groups -OCH3 is 3. The Kier molecular flexibility index (Phi) is 4.93. The Bertz CT molecular complexity index is 917. The van der Waals surface area contributed by atoms with Crippen LogP contribution < -0.4 is 14.2 Å². The first-order chi connectivity index (χ1) is 12.1. The number of imidazole rings is 1. The maximum absolute atomic E-state index is 14.4. The molecule has 0 saturated heterocycles. The minimum Gasteiger partial charge on any atom is -0.494 e. The molecule has 0 amide bonds. The minimum atomic E-state index is -0.699. The maximum Gasteiger partial charge on any atom is 0.199 e. The van der Waals surface area contributed by atoms with Gasteiger partial charge in [0.2, 0.25) is 0 Å². The summed E-state index contributed by atoms with van der Waals surface area (Å²) < 4.78 is 44.0. The van der Waals surface area contributed by atoms with Crippen molar-refractivity contribution < 1.29 is 23.1 Å².